The molecule has 0 unspecified atom stereocenters. The topological polar surface area (TPSA) is 44.8 Å². The van der Waals surface area contributed by atoms with E-state index in [2.05, 4.69) is 31.9 Å². The zero-order valence-electron chi connectivity index (χ0n) is 14.2. The number of ether oxygens (including phenoxy) is 3. The van der Waals surface area contributed by atoms with Crippen molar-refractivity contribution in [1.29, 1.82) is 0 Å². The highest BCUT2D eigenvalue weighted by atomic mass is 79.9. The van der Waals surface area contributed by atoms with Crippen molar-refractivity contribution in [3.8, 4) is 17.2 Å². The summed E-state index contributed by atoms with van der Waals surface area (Å²) < 4.78 is 18.1. The summed E-state index contributed by atoms with van der Waals surface area (Å²) in [6, 6.07) is 22.2. The minimum Gasteiger partial charge on any atom is -0.489 e. The first-order valence-corrected chi connectivity index (χ1v) is 9.74. The summed E-state index contributed by atoms with van der Waals surface area (Å²) in [5, 5.41) is 0. The normalized spacial score (nSPS) is 10.3. The number of benzene rings is 3. The Bertz CT molecular complexity index is 896. The standard InChI is InChI=1S/C21H16Br2O4/c22-16-6-11-20(19(23)12-16)26-14-21(24)27-18-9-7-17(8-10-18)25-13-15-4-2-1-3-5-15/h1-12H,13-14H2. The Morgan fingerprint density at radius 3 is 2.22 bits per heavy atom. The lowest BCUT2D eigenvalue weighted by Gasteiger charge is -2.09. The van der Waals surface area contributed by atoms with Crippen molar-refractivity contribution >= 4 is 37.8 Å². The Balaban J connectivity index is 1.48. The third-order valence-corrected chi connectivity index (χ3v) is 4.66. The summed E-state index contributed by atoms with van der Waals surface area (Å²) in [6.45, 7) is 0.294. The van der Waals surface area contributed by atoms with E-state index in [9.17, 15) is 4.79 Å². The van der Waals surface area contributed by atoms with Gasteiger partial charge >= 0.3 is 5.97 Å². The number of esters is 1. The molecule has 0 N–H and O–H groups in total. The molecule has 3 aromatic rings. The van der Waals surface area contributed by atoms with Gasteiger partial charge in [0.15, 0.2) is 6.61 Å². The second-order valence-corrected chi connectivity index (χ2v) is 7.35. The van der Waals surface area contributed by atoms with E-state index in [0.717, 1.165) is 14.5 Å². The number of carbonyl (C=O) groups excluding carboxylic acids is 1. The van der Waals surface area contributed by atoms with Crippen LogP contribution in [0.3, 0.4) is 0 Å². The predicted molar refractivity (Wildman–Crippen MR) is 110 cm³/mol. The summed E-state index contributed by atoms with van der Waals surface area (Å²) in [5.41, 5.74) is 1.09. The van der Waals surface area contributed by atoms with E-state index in [4.69, 9.17) is 14.2 Å². The summed E-state index contributed by atoms with van der Waals surface area (Å²) in [4.78, 5) is 12.0. The molecule has 0 saturated carbocycles. The van der Waals surface area contributed by atoms with Gasteiger partial charge in [0.25, 0.3) is 0 Å². The van der Waals surface area contributed by atoms with Crippen molar-refractivity contribution in [3.05, 3.63) is 87.3 Å². The molecule has 0 atom stereocenters. The van der Waals surface area contributed by atoms with Crippen LogP contribution in [0.4, 0.5) is 0 Å². The van der Waals surface area contributed by atoms with Crippen molar-refractivity contribution in [1.82, 2.24) is 0 Å². The molecule has 138 valence electrons. The van der Waals surface area contributed by atoms with Crippen LogP contribution in [0.1, 0.15) is 5.56 Å². The maximum atomic E-state index is 12.0. The number of hydrogen-bond acceptors (Lipinski definition) is 4. The number of halogens is 2. The molecule has 3 aromatic carbocycles. The molecule has 0 amide bonds. The number of hydrogen-bond donors (Lipinski definition) is 0. The molecule has 0 aliphatic heterocycles. The molecular weight excluding hydrogens is 476 g/mol. The van der Waals surface area contributed by atoms with Crippen LogP contribution in [0.15, 0.2) is 81.7 Å². The third kappa shape index (κ3) is 6.12. The van der Waals surface area contributed by atoms with E-state index < -0.39 is 5.97 Å². The first kappa shape index (κ1) is 19.5. The predicted octanol–water partition coefficient (Wildman–Crippen LogP) is 5.78. The van der Waals surface area contributed by atoms with Gasteiger partial charge in [0.1, 0.15) is 23.9 Å². The van der Waals surface area contributed by atoms with Crippen molar-refractivity contribution in [2.24, 2.45) is 0 Å². The SMILES string of the molecule is O=C(COc1ccc(Br)cc1Br)Oc1ccc(OCc2ccccc2)cc1. The van der Waals surface area contributed by atoms with E-state index in [1.165, 1.54) is 0 Å². The highest BCUT2D eigenvalue weighted by Gasteiger charge is 2.09. The van der Waals surface area contributed by atoms with Gasteiger partial charge in [-0.15, -0.1) is 0 Å². The molecule has 27 heavy (non-hydrogen) atoms. The van der Waals surface area contributed by atoms with Crippen molar-refractivity contribution < 1.29 is 19.0 Å². The first-order chi connectivity index (χ1) is 13.1. The fraction of sp³-hybridized carbons (Fsp3) is 0.0952. The lowest BCUT2D eigenvalue weighted by Crippen LogP contribution is -2.17. The summed E-state index contributed by atoms with van der Waals surface area (Å²) in [6.07, 6.45) is 0. The molecule has 0 radical (unpaired) electrons. The average Bonchev–Trinajstić information content (AvgIpc) is 2.67. The van der Waals surface area contributed by atoms with Gasteiger partial charge < -0.3 is 14.2 Å². The Kier molecular flexibility index (Phi) is 6.90. The van der Waals surface area contributed by atoms with Gasteiger partial charge in [-0.3, -0.25) is 0 Å². The van der Waals surface area contributed by atoms with Gasteiger partial charge in [0, 0.05) is 4.47 Å². The summed E-state index contributed by atoms with van der Waals surface area (Å²) in [5.74, 6) is 1.22. The van der Waals surface area contributed by atoms with E-state index in [1.54, 1.807) is 30.3 Å². The maximum absolute atomic E-state index is 12.0. The fourth-order valence-electron chi connectivity index (χ4n) is 2.23. The molecule has 0 bridgehead atoms. The van der Waals surface area contributed by atoms with E-state index in [-0.39, 0.29) is 6.61 Å². The second kappa shape index (κ2) is 9.58. The van der Waals surface area contributed by atoms with Gasteiger partial charge in [-0.1, -0.05) is 46.3 Å². The van der Waals surface area contributed by atoms with Crippen LogP contribution < -0.4 is 14.2 Å². The van der Waals surface area contributed by atoms with Crippen LogP contribution in [0, 0.1) is 0 Å². The van der Waals surface area contributed by atoms with Crippen LogP contribution in [-0.2, 0) is 11.4 Å². The van der Waals surface area contributed by atoms with Gasteiger partial charge in [-0.25, -0.2) is 4.79 Å². The van der Waals surface area contributed by atoms with Crippen LogP contribution in [-0.4, -0.2) is 12.6 Å². The van der Waals surface area contributed by atoms with Crippen LogP contribution in [0.2, 0.25) is 0 Å². The van der Waals surface area contributed by atoms with Gasteiger partial charge in [-0.2, -0.15) is 0 Å². The smallest absolute Gasteiger partial charge is 0.349 e. The molecule has 4 nitrogen and oxygen atoms in total. The van der Waals surface area contributed by atoms with Crippen LogP contribution in [0.5, 0.6) is 17.2 Å². The molecule has 0 spiro atoms. The number of rotatable bonds is 7. The first-order valence-electron chi connectivity index (χ1n) is 8.15. The highest BCUT2D eigenvalue weighted by Crippen LogP contribution is 2.28. The molecule has 0 aliphatic carbocycles. The molecule has 0 aliphatic rings. The Hall–Kier alpha value is -2.31. The molecule has 3 rings (SSSR count). The second-order valence-electron chi connectivity index (χ2n) is 5.58. The average molecular weight is 492 g/mol. The largest absolute Gasteiger partial charge is 0.489 e. The fourth-order valence-corrected chi connectivity index (χ4v) is 3.40. The molecular formula is C21H16Br2O4. The molecule has 0 saturated heterocycles. The molecule has 0 fully saturated rings. The quantitative estimate of drug-likeness (QED) is 0.310. The lowest BCUT2D eigenvalue weighted by molar-refractivity contribution is -0.136. The minimum absolute atomic E-state index is 0.188. The van der Waals surface area contributed by atoms with Crippen molar-refractivity contribution in [2.45, 2.75) is 6.61 Å². The lowest BCUT2D eigenvalue weighted by atomic mass is 10.2. The zero-order chi connectivity index (χ0) is 19.1. The highest BCUT2D eigenvalue weighted by molar-refractivity contribution is 9.11. The summed E-state index contributed by atoms with van der Waals surface area (Å²) in [7, 11) is 0. The van der Waals surface area contributed by atoms with Crippen molar-refractivity contribution in [3.63, 3.8) is 0 Å². The van der Waals surface area contributed by atoms with Crippen LogP contribution in [0.25, 0.3) is 0 Å². The molecule has 0 heterocycles. The Labute approximate surface area is 174 Å². The van der Waals surface area contributed by atoms with Gasteiger partial charge in [0.05, 0.1) is 4.47 Å². The van der Waals surface area contributed by atoms with E-state index in [1.807, 2.05) is 42.5 Å². The molecule has 0 aromatic heterocycles. The van der Waals surface area contributed by atoms with Crippen molar-refractivity contribution in [2.75, 3.05) is 6.61 Å². The van der Waals surface area contributed by atoms with Crippen LogP contribution >= 0.6 is 31.9 Å². The zero-order valence-corrected chi connectivity index (χ0v) is 17.4. The monoisotopic (exact) mass is 490 g/mol. The molecule has 6 heteroatoms. The van der Waals surface area contributed by atoms with Gasteiger partial charge in [-0.05, 0) is 64.0 Å². The van der Waals surface area contributed by atoms with Gasteiger partial charge in [0.2, 0.25) is 0 Å². The number of carbonyl (C=O) groups is 1. The maximum Gasteiger partial charge on any atom is 0.349 e. The third-order valence-electron chi connectivity index (χ3n) is 3.54. The van der Waals surface area contributed by atoms with E-state index in [0.29, 0.717) is 23.9 Å². The minimum atomic E-state index is -0.484. The summed E-state index contributed by atoms with van der Waals surface area (Å²) >= 11 is 6.75. The Morgan fingerprint density at radius 1 is 0.815 bits per heavy atom. The Morgan fingerprint density at radius 2 is 1.52 bits per heavy atom. The van der Waals surface area contributed by atoms with E-state index >= 15 is 0 Å².